The molecule has 0 spiro atoms. The van der Waals surface area contributed by atoms with Gasteiger partial charge < -0.3 is 5.32 Å². The van der Waals surface area contributed by atoms with Crippen LogP contribution in [0.3, 0.4) is 0 Å². The number of nitrogens with one attached hydrogen (secondary N) is 1. The molecule has 1 saturated carbocycles. The number of carbonyl (C=O) groups is 1. The largest absolute Gasteiger partial charge is 0.353 e. The van der Waals surface area contributed by atoms with Crippen LogP contribution < -0.4 is 5.32 Å². The summed E-state index contributed by atoms with van der Waals surface area (Å²) < 4.78 is 0. The van der Waals surface area contributed by atoms with Crippen molar-refractivity contribution in [3.63, 3.8) is 0 Å². The summed E-state index contributed by atoms with van der Waals surface area (Å²) in [5.41, 5.74) is 0. The van der Waals surface area contributed by atoms with Crippen LogP contribution in [0.25, 0.3) is 0 Å². The Morgan fingerprint density at radius 1 is 1.27 bits per heavy atom. The lowest BCUT2D eigenvalue weighted by atomic mass is 9.80. The summed E-state index contributed by atoms with van der Waals surface area (Å²) in [7, 11) is 0. The second kappa shape index (κ2) is 6.37. The van der Waals surface area contributed by atoms with E-state index < -0.39 is 0 Å². The van der Waals surface area contributed by atoms with E-state index in [0.29, 0.717) is 18.3 Å². The van der Waals surface area contributed by atoms with Crippen molar-refractivity contribution in [2.24, 2.45) is 11.8 Å². The topological polar surface area (TPSA) is 29.1 Å². The van der Waals surface area contributed by atoms with E-state index in [-0.39, 0.29) is 5.91 Å². The standard InChI is InChI=1S/C12H22ClNO/c1-9-6-10(2)8-11(7-9)14-12(15)4-3-5-13/h9-11H,3-8H2,1-2H3,(H,14,15). The van der Waals surface area contributed by atoms with Gasteiger partial charge in [-0.25, -0.2) is 0 Å². The second-order valence-electron chi connectivity index (χ2n) is 4.97. The summed E-state index contributed by atoms with van der Waals surface area (Å²) >= 11 is 5.55. The lowest BCUT2D eigenvalue weighted by Crippen LogP contribution is -2.39. The molecule has 2 nitrogen and oxygen atoms in total. The summed E-state index contributed by atoms with van der Waals surface area (Å²) in [6.45, 7) is 4.54. The molecule has 0 aromatic rings. The second-order valence-corrected chi connectivity index (χ2v) is 5.35. The fraction of sp³-hybridized carbons (Fsp3) is 0.917. The number of hydrogen-bond acceptors (Lipinski definition) is 1. The van der Waals surface area contributed by atoms with Gasteiger partial charge in [-0.15, -0.1) is 11.6 Å². The van der Waals surface area contributed by atoms with Crippen molar-refractivity contribution in [2.75, 3.05) is 5.88 Å². The summed E-state index contributed by atoms with van der Waals surface area (Å²) in [5, 5.41) is 3.12. The number of amides is 1. The molecule has 0 aliphatic heterocycles. The molecule has 0 radical (unpaired) electrons. The minimum Gasteiger partial charge on any atom is -0.353 e. The third kappa shape index (κ3) is 4.87. The Labute approximate surface area is 97.8 Å². The van der Waals surface area contributed by atoms with E-state index >= 15 is 0 Å². The van der Waals surface area contributed by atoms with Crippen LogP contribution in [0.15, 0.2) is 0 Å². The van der Waals surface area contributed by atoms with Gasteiger partial charge in [0.1, 0.15) is 0 Å². The molecule has 2 atom stereocenters. The Morgan fingerprint density at radius 2 is 1.87 bits per heavy atom. The molecule has 2 unspecified atom stereocenters. The molecule has 1 aliphatic rings. The first-order valence-corrected chi connectivity index (χ1v) is 6.50. The zero-order valence-corrected chi connectivity index (χ0v) is 10.5. The molecule has 0 aromatic heterocycles. The summed E-state index contributed by atoms with van der Waals surface area (Å²) in [6, 6.07) is 0.395. The van der Waals surface area contributed by atoms with Crippen LogP contribution in [-0.4, -0.2) is 17.8 Å². The molecule has 15 heavy (non-hydrogen) atoms. The SMILES string of the molecule is CC1CC(C)CC(NC(=O)CCCCl)C1. The van der Waals surface area contributed by atoms with Gasteiger partial charge >= 0.3 is 0 Å². The minimum absolute atomic E-state index is 0.168. The molecule has 0 saturated heterocycles. The van der Waals surface area contributed by atoms with Gasteiger partial charge in [0.05, 0.1) is 0 Å². The zero-order valence-electron chi connectivity index (χ0n) is 9.76. The fourth-order valence-electron chi connectivity index (χ4n) is 2.59. The van der Waals surface area contributed by atoms with Crippen molar-refractivity contribution < 1.29 is 4.79 Å². The van der Waals surface area contributed by atoms with E-state index in [4.69, 9.17) is 11.6 Å². The van der Waals surface area contributed by atoms with E-state index in [1.807, 2.05) is 0 Å². The van der Waals surface area contributed by atoms with Crippen LogP contribution in [0.2, 0.25) is 0 Å². The van der Waals surface area contributed by atoms with Gasteiger partial charge in [-0.2, -0.15) is 0 Å². The molecule has 3 heteroatoms. The van der Waals surface area contributed by atoms with Crippen molar-refractivity contribution in [1.29, 1.82) is 0 Å². The predicted octanol–water partition coefficient (Wildman–Crippen LogP) is 2.95. The molecule has 88 valence electrons. The van der Waals surface area contributed by atoms with Gasteiger partial charge in [0, 0.05) is 18.3 Å². The van der Waals surface area contributed by atoms with E-state index in [0.717, 1.165) is 31.1 Å². The van der Waals surface area contributed by atoms with Crippen molar-refractivity contribution in [3.8, 4) is 0 Å². The Balaban J connectivity index is 2.27. The Kier molecular flexibility index (Phi) is 5.44. The third-order valence-corrected chi connectivity index (χ3v) is 3.35. The third-order valence-electron chi connectivity index (χ3n) is 3.08. The quantitative estimate of drug-likeness (QED) is 0.741. The van der Waals surface area contributed by atoms with Crippen LogP contribution in [0.4, 0.5) is 0 Å². The van der Waals surface area contributed by atoms with Crippen molar-refractivity contribution >= 4 is 17.5 Å². The summed E-state index contributed by atoms with van der Waals surface area (Å²) in [6.07, 6.45) is 4.93. The Bertz CT molecular complexity index is 198. The van der Waals surface area contributed by atoms with Crippen molar-refractivity contribution in [3.05, 3.63) is 0 Å². The highest BCUT2D eigenvalue weighted by Crippen LogP contribution is 2.28. The van der Waals surface area contributed by atoms with Gasteiger partial charge in [0.2, 0.25) is 5.91 Å². The Morgan fingerprint density at radius 3 is 2.40 bits per heavy atom. The molecule has 1 fully saturated rings. The first-order chi connectivity index (χ1) is 7.11. The smallest absolute Gasteiger partial charge is 0.220 e. The first-order valence-electron chi connectivity index (χ1n) is 5.97. The summed E-state index contributed by atoms with van der Waals surface area (Å²) in [5.74, 6) is 2.23. The van der Waals surface area contributed by atoms with E-state index in [1.165, 1.54) is 6.42 Å². The highest BCUT2D eigenvalue weighted by Gasteiger charge is 2.24. The van der Waals surface area contributed by atoms with Crippen LogP contribution in [0.5, 0.6) is 0 Å². The van der Waals surface area contributed by atoms with Gasteiger partial charge in [0.15, 0.2) is 0 Å². The lowest BCUT2D eigenvalue weighted by molar-refractivity contribution is -0.122. The maximum atomic E-state index is 11.5. The molecular formula is C12H22ClNO. The molecule has 1 rings (SSSR count). The molecule has 1 aliphatic carbocycles. The maximum absolute atomic E-state index is 11.5. The molecule has 0 aromatic carbocycles. The van der Waals surface area contributed by atoms with Crippen molar-refractivity contribution in [2.45, 2.75) is 52.0 Å². The number of hydrogen-bond donors (Lipinski definition) is 1. The van der Waals surface area contributed by atoms with Crippen LogP contribution >= 0.6 is 11.6 Å². The first kappa shape index (κ1) is 12.8. The number of rotatable bonds is 4. The minimum atomic E-state index is 0.168. The molecule has 1 amide bonds. The van der Waals surface area contributed by atoms with Crippen LogP contribution in [0.1, 0.15) is 46.0 Å². The number of halogens is 1. The highest BCUT2D eigenvalue weighted by atomic mass is 35.5. The summed E-state index contributed by atoms with van der Waals surface area (Å²) in [4.78, 5) is 11.5. The number of alkyl halides is 1. The zero-order chi connectivity index (χ0) is 11.3. The average Bonchev–Trinajstić information content (AvgIpc) is 2.13. The normalized spacial score (nSPS) is 31.3. The van der Waals surface area contributed by atoms with Crippen LogP contribution in [-0.2, 0) is 4.79 Å². The van der Waals surface area contributed by atoms with E-state index in [1.54, 1.807) is 0 Å². The van der Waals surface area contributed by atoms with Gasteiger partial charge in [-0.3, -0.25) is 4.79 Å². The van der Waals surface area contributed by atoms with Crippen molar-refractivity contribution in [1.82, 2.24) is 5.32 Å². The molecule has 0 bridgehead atoms. The fourth-order valence-corrected chi connectivity index (χ4v) is 2.73. The highest BCUT2D eigenvalue weighted by molar-refractivity contribution is 6.17. The maximum Gasteiger partial charge on any atom is 0.220 e. The van der Waals surface area contributed by atoms with Gasteiger partial charge in [-0.1, -0.05) is 13.8 Å². The molecular weight excluding hydrogens is 210 g/mol. The van der Waals surface area contributed by atoms with E-state index in [2.05, 4.69) is 19.2 Å². The lowest BCUT2D eigenvalue weighted by Gasteiger charge is -2.31. The van der Waals surface area contributed by atoms with Crippen LogP contribution in [0, 0.1) is 11.8 Å². The monoisotopic (exact) mass is 231 g/mol. The van der Waals surface area contributed by atoms with Gasteiger partial charge in [0.25, 0.3) is 0 Å². The predicted molar refractivity (Wildman–Crippen MR) is 64.1 cm³/mol. The Hall–Kier alpha value is -0.240. The average molecular weight is 232 g/mol. The number of carbonyl (C=O) groups excluding carboxylic acids is 1. The molecule has 1 N–H and O–H groups in total. The van der Waals surface area contributed by atoms with E-state index in [9.17, 15) is 4.79 Å². The molecule has 0 heterocycles. The van der Waals surface area contributed by atoms with Gasteiger partial charge in [-0.05, 0) is 37.5 Å².